The summed E-state index contributed by atoms with van der Waals surface area (Å²) in [5, 5.41) is 11.4. The summed E-state index contributed by atoms with van der Waals surface area (Å²) in [6.07, 6.45) is 0. The van der Waals surface area contributed by atoms with Crippen LogP contribution in [-0.2, 0) is 10.0 Å². The summed E-state index contributed by atoms with van der Waals surface area (Å²) in [6, 6.07) is 7.36. The molecule has 0 aliphatic carbocycles. The van der Waals surface area contributed by atoms with Crippen LogP contribution in [0.1, 0.15) is 15.9 Å². The van der Waals surface area contributed by atoms with Gasteiger partial charge in [-0.25, -0.2) is 17.5 Å². The number of carboxylic acids is 1. The zero-order valence-electron chi connectivity index (χ0n) is 13.1. The maximum Gasteiger partial charge on any atom is 0.243 e. The molecule has 6 nitrogen and oxygen atoms in total. The van der Waals surface area contributed by atoms with Crippen molar-refractivity contribution in [2.75, 3.05) is 13.2 Å². The summed E-state index contributed by atoms with van der Waals surface area (Å²) < 4.78 is 45.4. The van der Waals surface area contributed by atoms with Crippen LogP contribution < -0.4 is 14.6 Å². The van der Waals surface area contributed by atoms with Gasteiger partial charge in [0, 0.05) is 11.6 Å². The molecular weight excluding hydrogens is 373 g/mol. The lowest BCUT2D eigenvalue weighted by Gasteiger charge is -2.11. The van der Waals surface area contributed by atoms with E-state index in [4.69, 9.17) is 16.3 Å². The van der Waals surface area contributed by atoms with E-state index in [2.05, 4.69) is 4.72 Å². The predicted molar refractivity (Wildman–Crippen MR) is 87.6 cm³/mol. The number of halogens is 2. The number of carbonyl (C=O) groups is 1. The van der Waals surface area contributed by atoms with Crippen LogP contribution >= 0.6 is 11.6 Å². The van der Waals surface area contributed by atoms with E-state index in [1.165, 1.54) is 0 Å². The highest BCUT2D eigenvalue weighted by Crippen LogP contribution is 2.21. The number of rotatable bonds is 7. The Bertz CT molecular complexity index is 901. The van der Waals surface area contributed by atoms with Gasteiger partial charge in [-0.15, -0.1) is 0 Å². The number of benzene rings is 2. The summed E-state index contributed by atoms with van der Waals surface area (Å²) in [5.74, 6) is -2.16. The molecule has 2 aromatic carbocycles. The van der Waals surface area contributed by atoms with Crippen LogP contribution in [0.4, 0.5) is 4.39 Å². The predicted octanol–water partition coefficient (Wildman–Crippen LogP) is 1.51. The minimum atomic E-state index is -4.23. The molecule has 0 saturated carbocycles. The third kappa shape index (κ3) is 4.91. The summed E-state index contributed by atoms with van der Waals surface area (Å²) in [7, 11) is -4.23. The van der Waals surface area contributed by atoms with Crippen molar-refractivity contribution in [1.82, 2.24) is 4.72 Å². The second-order valence-corrected chi connectivity index (χ2v) is 7.23. The molecule has 0 atom stereocenters. The molecule has 25 heavy (non-hydrogen) atoms. The highest BCUT2D eigenvalue weighted by molar-refractivity contribution is 7.89. The maximum atomic E-state index is 13.7. The molecule has 2 aromatic rings. The standard InChI is InChI=1S/C16H15ClFNO5S/c1-10-8-12(3-4-13(10)17)24-7-6-19-25(22,23)15-9-11(16(20)21)2-5-14(15)18/h2-5,8-9,19H,6-7H2,1H3,(H,20,21)/p-1. The zero-order valence-corrected chi connectivity index (χ0v) is 14.7. The van der Waals surface area contributed by atoms with Gasteiger partial charge in [0.2, 0.25) is 10.0 Å². The van der Waals surface area contributed by atoms with E-state index in [0.29, 0.717) is 16.8 Å². The second kappa shape index (κ2) is 7.81. The molecule has 0 spiro atoms. The van der Waals surface area contributed by atoms with Crippen LogP contribution in [-0.4, -0.2) is 27.5 Å². The van der Waals surface area contributed by atoms with E-state index < -0.39 is 32.3 Å². The van der Waals surface area contributed by atoms with Gasteiger partial charge in [0.15, 0.2) is 0 Å². The van der Waals surface area contributed by atoms with Gasteiger partial charge in [0.1, 0.15) is 23.1 Å². The summed E-state index contributed by atoms with van der Waals surface area (Å²) >= 11 is 5.89. The quantitative estimate of drug-likeness (QED) is 0.728. The summed E-state index contributed by atoms with van der Waals surface area (Å²) in [4.78, 5) is 10.0. The first-order valence-electron chi connectivity index (χ1n) is 7.10. The molecule has 2 rings (SSSR count). The van der Waals surface area contributed by atoms with E-state index in [1.807, 2.05) is 0 Å². The van der Waals surface area contributed by atoms with Crippen LogP contribution in [0, 0.1) is 12.7 Å². The molecule has 0 heterocycles. The normalized spacial score (nSPS) is 11.3. The number of hydrogen-bond donors (Lipinski definition) is 1. The summed E-state index contributed by atoms with van der Waals surface area (Å²) in [5.41, 5.74) is 0.371. The Labute approximate surface area is 149 Å². The SMILES string of the molecule is Cc1cc(OCCNS(=O)(=O)c2cc(C(=O)[O-])ccc2F)ccc1Cl. The Morgan fingerprint density at radius 1 is 1.28 bits per heavy atom. The largest absolute Gasteiger partial charge is 0.545 e. The van der Waals surface area contributed by atoms with E-state index in [1.54, 1.807) is 25.1 Å². The Hall–Kier alpha value is -2.16. The molecule has 1 N–H and O–H groups in total. The van der Waals surface area contributed by atoms with Crippen molar-refractivity contribution in [2.24, 2.45) is 0 Å². The van der Waals surface area contributed by atoms with Gasteiger partial charge in [0.05, 0.1) is 5.97 Å². The molecule has 134 valence electrons. The van der Waals surface area contributed by atoms with Crippen LogP contribution in [0.3, 0.4) is 0 Å². The van der Waals surface area contributed by atoms with Crippen LogP contribution in [0.15, 0.2) is 41.3 Å². The number of hydrogen-bond acceptors (Lipinski definition) is 5. The van der Waals surface area contributed by atoms with Crippen molar-refractivity contribution in [3.05, 3.63) is 58.4 Å². The Balaban J connectivity index is 2.01. The Morgan fingerprint density at radius 2 is 2.00 bits per heavy atom. The molecule has 0 fully saturated rings. The maximum absolute atomic E-state index is 13.7. The Morgan fingerprint density at radius 3 is 2.64 bits per heavy atom. The van der Waals surface area contributed by atoms with Crippen molar-refractivity contribution in [3.63, 3.8) is 0 Å². The fourth-order valence-corrected chi connectivity index (χ4v) is 3.20. The number of aryl methyl sites for hydroxylation is 1. The number of ether oxygens (including phenoxy) is 1. The number of aromatic carboxylic acids is 1. The van der Waals surface area contributed by atoms with Gasteiger partial charge >= 0.3 is 0 Å². The lowest BCUT2D eigenvalue weighted by molar-refractivity contribution is -0.255. The smallest absolute Gasteiger partial charge is 0.243 e. The number of sulfonamides is 1. The molecule has 0 aliphatic rings. The highest BCUT2D eigenvalue weighted by Gasteiger charge is 2.19. The molecule has 0 aliphatic heterocycles. The molecule has 0 unspecified atom stereocenters. The topological polar surface area (TPSA) is 95.5 Å². The lowest BCUT2D eigenvalue weighted by atomic mass is 10.2. The van der Waals surface area contributed by atoms with Crippen LogP contribution in [0.5, 0.6) is 5.75 Å². The first kappa shape index (κ1) is 19.2. The molecule has 9 heteroatoms. The molecular formula is C16H14ClFNO5S-. The fourth-order valence-electron chi connectivity index (χ4n) is 1.97. The minimum Gasteiger partial charge on any atom is -0.545 e. The Kier molecular flexibility index (Phi) is 5.99. The van der Waals surface area contributed by atoms with Gasteiger partial charge < -0.3 is 14.6 Å². The third-order valence-electron chi connectivity index (χ3n) is 3.25. The third-order valence-corrected chi connectivity index (χ3v) is 5.15. The fraction of sp³-hybridized carbons (Fsp3) is 0.188. The van der Waals surface area contributed by atoms with Gasteiger partial charge in [-0.2, -0.15) is 0 Å². The van der Waals surface area contributed by atoms with E-state index >= 15 is 0 Å². The van der Waals surface area contributed by atoms with Crippen LogP contribution in [0.2, 0.25) is 5.02 Å². The minimum absolute atomic E-state index is 0.0118. The average Bonchev–Trinajstić information content (AvgIpc) is 2.55. The van der Waals surface area contributed by atoms with E-state index in [9.17, 15) is 22.7 Å². The molecule has 0 radical (unpaired) electrons. The van der Waals surface area contributed by atoms with Gasteiger partial charge in [-0.1, -0.05) is 17.7 Å². The number of carbonyl (C=O) groups excluding carboxylic acids is 1. The molecule has 0 bridgehead atoms. The van der Waals surface area contributed by atoms with E-state index in [0.717, 1.165) is 17.7 Å². The molecule has 0 amide bonds. The first-order chi connectivity index (χ1) is 11.7. The average molecular weight is 387 g/mol. The number of carboxylic acid groups (broad SMARTS) is 1. The number of nitrogens with one attached hydrogen (secondary N) is 1. The van der Waals surface area contributed by atoms with Crippen molar-refractivity contribution in [2.45, 2.75) is 11.8 Å². The zero-order chi connectivity index (χ0) is 18.6. The van der Waals surface area contributed by atoms with Gasteiger partial charge in [-0.3, -0.25) is 0 Å². The molecule has 0 aromatic heterocycles. The van der Waals surface area contributed by atoms with Gasteiger partial charge in [-0.05, 0) is 48.4 Å². The van der Waals surface area contributed by atoms with Crippen LogP contribution in [0.25, 0.3) is 0 Å². The lowest BCUT2D eigenvalue weighted by Crippen LogP contribution is -2.29. The van der Waals surface area contributed by atoms with E-state index in [-0.39, 0.29) is 13.2 Å². The monoisotopic (exact) mass is 386 g/mol. The van der Waals surface area contributed by atoms with Gasteiger partial charge in [0.25, 0.3) is 0 Å². The van der Waals surface area contributed by atoms with Crippen molar-refractivity contribution in [3.8, 4) is 5.75 Å². The summed E-state index contributed by atoms with van der Waals surface area (Å²) in [6.45, 7) is 1.64. The van der Waals surface area contributed by atoms with Crippen molar-refractivity contribution < 1.29 is 27.4 Å². The first-order valence-corrected chi connectivity index (χ1v) is 8.96. The molecule has 0 saturated heterocycles. The van der Waals surface area contributed by atoms with Crippen molar-refractivity contribution >= 4 is 27.6 Å². The van der Waals surface area contributed by atoms with Crippen molar-refractivity contribution in [1.29, 1.82) is 0 Å². The highest BCUT2D eigenvalue weighted by atomic mass is 35.5. The second-order valence-electron chi connectivity index (χ2n) is 5.09.